The van der Waals surface area contributed by atoms with Gasteiger partial charge in [-0.25, -0.2) is 9.18 Å². The Hall–Kier alpha value is -2.40. The second-order valence-corrected chi connectivity index (χ2v) is 5.28. The van der Waals surface area contributed by atoms with Crippen molar-refractivity contribution in [3.63, 3.8) is 0 Å². The van der Waals surface area contributed by atoms with E-state index in [0.29, 0.717) is 25.9 Å². The maximum absolute atomic E-state index is 13.0. The van der Waals surface area contributed by atoms with Crippen molar-refractivity contribution in [2.75, 3.05) is 13.1 Å². The van der Waals surface area contributed by atoms with Crippen molar-refractivity contribution in [2.24, 2.45) is 0 Å². The molecule has 0 fully saturated rings. The van der Waals surface area contributed by atoms with Crippen LogP contribution < -0.4 is 10.6 Å². The van der Waals surface area contributed by atoms with Crippen molar-refractivity contribution in [1.82, 2.24) is 10.6 Å². The van der Waals surface area contributed by atoms with Crippen molar-refractivity contribution in [3.05, 3.63) is 71.5 Å². The van der Waals surface area contributed by atoms with E-state index < -0.39 is 6.10 Å². The van der Waals surface area contributed by atoms with Gasteiger partial charge >= 0.3 is 6.03 Å². The monoisotopic (exact) mass is 316 g/mol. The lowest BCUT2D eigenvalue weighted by Gasteiger charge is -2.12. The first kappa shape index (κ1) is 17.0. The number of hydrogen-bond donors (Lipinski definition) is 3. The Morgan fingerprint density at radius 3 is 2.52 bits per heavy atom. The average molecular weight is 316 g/mol. The number of carbonyl (C=O) groups is 1. The molecule has 4 nitrogen and oxygen atoms in total. The van der Waals surface area contributed by atoms with Gasteiger partial charge in [0.25, 0.3) is 0 Å². The minimum atomic E-state index is -0.594. The fraction of sp³-hybridized carbons (Fsp3) is 0.278. The van der Waals surface area contributed by atoms with Gasteiger partial charge in [0.2, 0.25) is 0 Å². The minimum absolute atomic E-state index is 0.276. The van der Waals surface area contributed by atoms with Crippen LogP contribution in [0.1, 0.15) is 23.7 Å². The lowest BCUT2D eigenvalue weighted by atomic mass is 10.1. The molecule has 2 rings (SSSR count). The van der Waals surface area contributed by atoms with Gasteiger partial charge in [0.1, 0.15) is 5.82 Å². The highest BCUT2D eigenvalue weighted by atomic mass is 19.1. The minimum Gasteiger partial charge on any atom is -0.388 e. The first-order valence-electron chi connectivity index (χ1n) is 7.64. The van der Waals surface area contributed by atoms with E-state index in [1.807, 2.05) is 36.4 Å². The molecule has 3 N–H and O–H groups in total. The van der Waals surface area contributed by atoms with Gasteiger partial charge in [-0.15, -0.1) is 0 Å². The molecule has 1 atom stereocenters. The Balaban J connectivity index is 1.62. The van der Waals surface area contributed by atoms with Gasteiger partial charge in [-0.2, -0.15) is 0 Å². The normalized spacial score (nSPS) is 11.7. The molecule has 0 spiro atoms. The number of aliphatic hydroxyl groups is 1. The molecule has 122 valence electrons. The molecule has 1 unspecified atom stereocenters. The quantitative estimate of drug-likeness (QED) is 0.735. The van der Waals surface area contributed by atoms with Crippen molar-refractivity contribution in [2.45, 2.75) is 18.9 Å². The van der Waals surface area contributed by atoms with Gasteiger partial charge in [0, 0.05) is 13.1 Å². The predicted molar refractivity (Wildman–Crippen MR) is 87.5 cm³/mol. The third kappa shape index (κ3) is 6.08. The van der Waals surface area contributed by atoms with Gasteiger partial charge in [-0.3, -0.25) is 0 Å². The summed E-state index contributed by atoms with van der Waals surface area (Å²) in [5.74, 6) is -0.276. The Bertz CT molecular complexity index is 619. The highest BCUT2D eigenvalue weighted by Crippen LogP contribution is 2.14. The standard InChI is InChI=1S/C18H21FN2O2/c19-16-8-4-5-14(13-16)9-11-20-18(23)21-12-10-17(22)15-6-2-1-3-7-15/h1-8,13,17,22H,9-12H2,(H2,20,21,23). The van der Waals surface area contributed by atoms with Crippen LogP contribution in [0.15, 0.2) is 54.6 Å². The number of nitrogens with one attached hydrogen (secondary N) is 2. The predicted octanol–water partition coefficient (Wildman–Crippen LogP) is 2.79. The van der Waals surface area contributed by atoms with Crippen molar-refractivity contribution < 1.29 is 14.3 Å². The summed E-state index contributed by atoms with van der Waals surface area (Å²) < 4.78 is 13.0. The van der Waals surface area contributed by atoms with Crippen LogP contribution in [0.5, 0.6) is 0 Å². The van der Waals surface area contributed by atoms with Crippen LogP contribution in [0, 0.1) is 5.82 Å². The molecule has 0 aliphatic carbocycles. The van der Waals surface area contributed by atoms with Crippen LogP contribution in [0.4, 0.5) is 9.18 Å². The summed E-state index contributed by atoms with van der Waals surface area (Å²) in [5.41, 5.74) is 1.67. The summed E-state index contributed by atoms with van der Waals surface area (Å²) >= 11 is 0. The topological polar surface area (TPSA) is 61.4 Å². The second-order valence-electron chi connectivity index (χ2n) is 5.28. The Morgan fingerprint density at radius 1 is 1.04 bits per heavy atom. The van der Waals surface area contributed by atoms with E-state index >= 15 is 0 Å². The summed E-state index contributed by atoms with van der Waals surface area (Å²) in [5, 5.41) is 15.4. The molecular formula is C18H21FN2O2. The van der Waals surface area contributed by atoms with E-state index in [4.69, 9.17) is 0 Å². The van der Waals surface area contributed by atoms with Crippen molar-refractivity contribution in [1.29, 1.82) is 0 Å². The van der Waals surface area contributed by atoms with Crippen LogP contribution in [0.2, 0.25) is 0 Å². The molecule has 0 radical (unpaired) electrons. The van der Waals surface area contributed by atoms with Gasteiger partial charge in [0.15, 0.2) is 0 Å². The van der Waals surface area contributed by atoms with Crippen LogP contribution >= 0.6 is 0 Å². The summed E-state index contributed by atoms with van der Waals surface area (Å²) in [6.07, 6.45) is 0.419. The highest BCUT2D eigenvalue weighted by Gasteiger charge is 2.07. The average Bonchev–Trinajstić information content (AvgIpc) is 2.55. The number of amides is 2. The zero-order valence-electron chi connectivity index (χ0n) is 12.8. The van der Waals surface area contributed by atoms with E-state index in [0.717, 1.165) is 11.1 Å². The zero-order valence-corrected chi connectivity index (χ0v) is 12.8. The summed E-state index contributed by atoms with van der Waals surface area (Å²) in [4.78, 5) is 11.6. The maximum atomic E-state index is 13.0. The number of benzene rings is 2. The van der Waals surface area contributed by atoms with Crippen LogP contribution in [0.3, 0.4) is 0 Å². The SMILES string of the molecule is O=C(NCCc1cccc(F)c1)NCCC(O)c1ccccc1. The molecule has 0 aromatic heterocycles. The molecule has 2 aromatic rings. The van der Waals surface area contributed by atoms with E-state index in [1.165, 1.54) is 12.1 Å². The Morgan fingerprint density at radius 2 is 1.78 bits per heavy atom. The first-order valence-corrected chi connectivity index (χ1v) is 7.64. The van der Waals surface area contributed by atoms with Gasteiger partial charge < -0.3 is 15.7 Å². The summed E-state index contributed by atoms with van der Waals surface area (Å²) in [6.45, 7) is 0.804. The summed E-state index contributed by atoms with van der Waals surface area (Å²) in [7, 11) is 0. The van der Waals surface area contributed by atoms with E-state index in [9.17, 15) is 14.3 Å². The molecule has 0 saturated heterocycles. The largest absolute Gasteiger partial charge is 0.388 e. The number of rotatable bonds is 7. The third-order valence-electron chi connectivity index (χ3n) is 3.48. The first-order chi connectivity index (χ1) is 11.1. The Labute approximate surface area is 135 Å². The van der Waals surface area contributed by atoms with E-state index in [2.05, 4.69) is 10.6 Å². The summed E-state index contributed by atoms with van der Waals surface area (Å²) in [6, 6.07) is 15.3. The Kier molecular flexibility index (Phi) is 6.56. The molecule has 2 amide bonds. The number of carbonyl (C=O) groups excluding carboxylic acids is 1. The van der Waals surface area contributed by atoms with Crippen LogP contribution in [-0.4, -0.2) is 24.2 Å². The van der Waals surface area contributed by atoms with Crippen molar-refractivity contribution in [3.8, 4) is 0 Å². The molecule has 0 saturated carbocycles. The third-order valence-corrected chi connectivity index (χ3v) is 3.48. The molecule has 2 aromatic carbocycles. The lowest BCUT2D eigenvalue weighted by Crippen LogP contribution is -2.37. The smallest absolute Gasteiger partial charge is 0.314 e. The van der Waals surface area contributed by atoms with Gasteiger partial charge in [-0.1, -0.05) is 42.5 Å². The number of halogens is 1. The van der Waals surface area contributed by atoms with Crippen molar-refractivity contribution >= 4 is 6.03 Å². The van der Waals surface area contributed by atoms with Gasteiger partial charge in [-0.05, 0) is 36.1 Å². The van der Waals surface area contributed by atoms with E-state index in [-0.39, 0.29) is 11.8 Å². The molecule has 23 heavy (non-hydrogen) atoms. The zero-order chi connectivity index (χ0) is 16.5. The molecule has 5 heteroatoms. The van der Waals surface area contributed by atoms with Crippen LogP contribution in [-0.2, 0) is 6.42 Å². The maximum Gasteiger partial charge on any atom is 0.314 e. The second kappa shape index (κ2) is 8.90. The lowest BCUT2D eigenvalue weighted by molar-refractivity contribution is 0.167. The molecule has 0 heterocycles. The van der Waals surface area contributed by atoms with Crippen LogP contribution in [0.25, 0.3) is 0 Å². The molecule has 0 aliphatic rings. The molecular weight excluding hydrogens is 295 g/mol. The fourth-order valence-corrected chi connectivity index (χ4v) is 2.24. The molecule has 0 aliphatic heterocycles. The van der Waals surface area contributed by atoms with Gasteiger partial charge in [0.05, 0.1) is 6.10 Å². The van der Waals surface area contributed by atoms with E-state index in [1.54, 1.807) is 6.07 Å². The number of hydrogen-bond acceptors (Lipinski definition) is 2. The number of urea groups is 1. The highest BCUT2D eigenvalue weighted by molar-refractivity contribution is 5.73. The fourth-order valence-electron chi connectivity index (χ4n) is 2.24. The molecule has 0 bridgehead atoms. The number of aliphatic hydroxyl groups excluding tert-OH is 1.